The summed E-state index contributed by atoms with van der Waals surface area (Å²) in [5.74, 6) is 5.24. The summed E-state index contributed by atoms with van der Waals surface area (Å²) in [5, 5.41) is 8.79. The van der Waals surface area contributed by atoms with Gasteiger partial charge in [0.2, 0.25) is 0 Å². The van der Waals surface area contributed by atoms with E-state index in [1.54, 1.807) is 25.5 Å². The van der Waals surface area contributed by atoms with Crippen molar-refractivity contribution >= 4 is 0 Å². The summed E-state index contributed by atoms with van der Waals surface area (Å²) in [6.45, 7) is 1.60. The van der Waals surface area contributed by atoms with E-state index in [0.717, 1.165) is 0 Å². The van der Waals surface area contributed by atoms with Crippen LogP contribution in [0.15, 0.2) is 18.6 Å². The topological polar surface area (TPSA) is 46.0 Å². The second-order valence-electron chi connectivity index (χ2n) is 2.04. The average Bonchev–Trinajstić information content (AvgIpc) is 2.03. The lowest BCUT2D eigenvalue weighted by Crippen LogP contribution is -1.93. The number of aromatic nitrogens is 2. The van der Waals surface area contributed by atoms with E-state index in [0.29, 0.717) is 5.69 Å². The lowest BCUT2D eigenvalue weighted by Gasteiger charge is -1.87. The second kappa shape index (κ2) is 3.69. The molecule has 1 aromatic heterocycles. The Labute approximate surface area is 65.1 Å². The van der Waals surface area contributed by atoms with E-state index in [1.807, 2.05) is 0 Å². The van der Waals surface area contributed by atoms with Crippen LogP contribution in [0.3, 0.4) is 0 Å². The molecule has 0 aromatic carbocycles. The van der Waals surface area contributed by atoms with Crippen LogP contribution in [0.25, 0.3) is 0 Å². The molecule has 0 radical (unpaired) electrons. The van der Waals surface area contributed by atoms with Crippen molar-refractivity contribution in [3.63, 3.8) is 0 Å². The monoisotopic (exact) mass is 148 g/mol. The van der Waals surface area contributed by atoms with Gasteiger partial charge in [0.25, 0.3) is 0 Å². The molecule has 0 aliphatic heterocycles. The quantitative estimate of drug-likeness (QED) is 0.535. The van der Waals surface area contributed by atoms with Crippen LogP contribution in [0.1, 0.15) is 12.6 Å². The van der Waals surface area contributed by atoms with Gasteiger partial charge >= 0.3 is 0 Å². The molecule has 0 spiro atoms. The Balaban J connectivity index is 2.75. The van der Waals surface area contributed by atoms with E-state index < -0.39 is 6.10 Å². The van der Waals surface area contributed by atoms with Crippen molar-refractivity contribution in [2.24, 2.45) is 0 Å². The first kappa shape index (κ1) is 7.70. The van der Waals surface area contributed by atoms with Gasteiger partial charge in [-0.1, -0.05) is 5.92 Å². The third-order valence-corrected chi connectivity index (χ3v) is 0.972. The van der Waals surface area contributed by atoms with E-state index in [4.69, 9.17) is 5.11 Å². The summed E-state index contributed by atoms with van der Waals surface area (Å²) >= 11 is 0. The summed E-state index contributed by atoms with van der Waals surface area (Å²) in [6, 6.07) is 0. The summed E-state index contributed by atoms with van der Waals surface area (Å²) in [7, 11) is 0. The number of hydrogen-bond acceptors (Lipinski definition) is 3. The molecule has 0 aliphatic rings. The van der Waals surface area contributed by atoms with Crippen molar-refractivity contribution < 1.29 is 5.11 Å². The molecule has 0 saturated carbocycles. The van der Waals surface area contributed by atoms with Gasteiger partial charge in [0.05, 0.1) is 6.20 Å². The van der Waals surface area contributed by atoms with Crippen molar-refractivity contribution in [1.82, 2.24) is 9.97 Å². The Morgan fingerprint density at radius 2 is 2.36 bits per heavy atom. The van der Waals surface area contributed by atoms with Crippen LogP contribution in [0, 0.1) is 11.8 Å². The molecular weight excluding hydrogens is 140 g/mol. The minimum atomic E-state index is -0.614. The Morgan fingerprint density at radius 3 is 2.91 bits per heavy atom. The molecule has 0 saturated heterocycles. The van der Waals surface area contributed by atoms with Crippen LogP contribution < -0.4 is 0 Å². The maximum absolute atomic E-state index is 8.79. The fourth-order valence-electron chi connectivity index (χ4n) is 0.542. The molecule has 0 fully saturated rings. The summed E-state index contributed by atoms with van der Waals surface area (Å²) in [4.78, 5) is 7.72. The Hall–Kier alpha value is -1.40. The second-order valence-corrected chi connectivity index (χ2v) is 2.04. The van der Waals surface area contributed by atoms with Crippen molar-refractivity contribution in [3.05, 3.63) is 24.3 Å². The highest BCUT2D eigenvalue weighted by Gasteiger charge is 1.86. The van der Waals surface area contributed by atoms with Crippen LogP contribution in [-0.4, -0.2) is 21.2 Å². The number of hydrogen-bond donors (Lipinski definition) is 1. The van der Waals surface area contributed by atoms with Crippen LogP contribution in [0.5, 0.6) is 0 Å². The largest absolute Gasteiger partial charge is 0.381 e. The number of aliphatic hydroxyl groups excluding tert-OH is 1. The molecule has 0 unspecified atom stereocenters. The molecule has 3 heteroatoms. The van der Waals surface area contributed by atoms with Gasteiger partial charge in [-0.25, -0.2) is 4.98 Å². The molecule has 1 N–H and O–H groups in total. The molecule has 1 rings (SSSR count). The van der Waals surface area contributed by atoms with Gasteiger partial charge in [-0.2, -0.15) is 0 Å². The lowest BCUT2D eigenvalue weighted by molar-refractivity contribution is 0.253. The molecule has 56 valence electrons. The third kappa shape index (κ3) is 2.78. The van der Waals surface area contributed by atoms with E-state index in [9.17, 15) is 0 Å². The van der Waals surface area contributed by atoms with Crippen molar-refractivity contribution in [1.29, 1.82) is 0 Å². The van der Waals surface area contributed by atoms with E-state index in [-0.39, 0.29) is 0 Å². The van der Waals surface area contributed by atoms with Gasteiger partial charge < -0.3 is 5.11 Å². The Morgan fingerprint density at radius 1 is 1.55 bits per heavy atom. The minimum Gasteiger partial charge on any atom is -0.381 e. The lowest BCUT2D eigenvalue weighted by atomic mass is 10.3. The van der Waals surface area contributed by atoms with Crippen molar-refractivity contribution in [2.75, 3.05) is 0 Å². The Kier molecular flexibility index (Phi) is 2.59. The fourth-order valence-corrected chi connectivity index (χ4v) is 0.542. The highest BCUT2D eigenvalue weighted by molar-refractivity contribution is 5.25. The van der Waals surface area contributed by atoms with Crippen LogP contribution in [0.4, 0.5) is 0 Å². The molecule has 1 heterocycles. The van der Waals surface area contributed by atoms with E-state index in [1.165, 1.54) is 0 Å². The number of aliphatic hydroxyl groups is 1. The van der Waals surface area contributed by atoms with Crippen molar-refractivity contribution in [3.8, 4) is 11.8 Å². The van der Waals surface area contributed by atoms with Gasteiger partial charge in [0, 0.05) is 12.4 Å². The zero-order valence-electron chi connectivity index (χ0n) is 6.15. The predicted octanol–water partition coefficient (Wildman–Crippen LogP) is 0.209. The molecular formula is C8H8N2O. The molecule has 11 heavy (non-hydrogen) atoms. The zero-order valence-corrected chi connectivity index (χ0v) is 6.15. The molecule has 0 aliphatic carbocycles. The van der Waals surface area contributed by atoms with Crippen LogP contribution in [0.2, 0.25) is 0 Å². The predicted molar refractivity (Wildman–Crippen MR) is 40.6 cm³/mol. The first-order valence-corrected chi connectivity index (χ1v) is 3.24. The molecule has 3 nitrogen and oxygen atoms in total. The maximum Gasteiger partial charge on any atom is 0.131 e. The third-order valence-electron chi connectivity index (χ3n) is 0.972. The van der Waals surface area contributed by atoms with Gasteiger partial charge in [0.15, 0.2) is 0 Å². The molecule has 1 atom stereocenters. The molecule has 1 aromatic rings. The summed E-state index contributed by atoms with van der Waals surface area (Å²) in [6.07, 6.45) is 4.08. The average molecular weight is 148 g/mol. The van der Waals surface area contributed by atoms with Gasteiger partial charge in [-0.3, -0.25) is 4.98 Å². The first-order valence-electron chi connectivity index (χ1n) is 3.24. The normalized spacial score (nSPS) is 11.5. The van der Waals surface area contributed by atoms with Crippen LogP contribution in [-0.2, 0) is 0 Å². The minimum absolute atomic E-state index is 0.577. The highest BCUT2D eigenvalue weighted by Crippen LogP contribution is 1.85. The van der Waals surface area contributed by atoms with Gasteiger partial charge in [0.1, 0.15) is 11.8 Å². The van der Waals surface area contributed by atoms with Crippen molar-refractivity contribution in [2.45, 2.75) is 13.0 Å². The number of nitrogens with zero attached hydrogens (tertiary/aromatic N) is 2. The first-order chi connectivity index (χ1) is 5.29. The summed E-state index contributed by atoms with van der Waals surface area (Å²) in [5.41, 5.74) is 0.577. The molecule has 0 bridgehead atoms. The zero-order chi connectivity index (χ0) is 8.10. The maximum atomic E-state index is 8.79. The van der Waals surface area contributed by atoms with E-state index in [2.05, 4.69) is 21.8 Å². The van der Waals surface area contributed by atoms with E-state index >= 15 is 0 Å². The van der Waals surface area contributed by atoms with Gasteiger partial charge in [-0.05, 0) is 12.8 Å². The highest BCUT2D eigenvalue weighted by atomic mass is 16.3. The van der Waals surface area contributed by atoms with Crippen LogP contribution >= 0.6 is 0 Å². The smallest absolute Gasteiger partial charge is 0.131 e. The Bertz CT molecular complexity index is 271. The fraction of sp³-hybridized carbons (Fsp3) is 0.250. The van der Waals surface area contributed by atoms with Gasteiger partial charge in [-0.15, -0.1) is 0 Å². The summed E-state index contributed by atoms with van der Waals surface area (Å²) < 4.78 is 0. The number of rotatable bonds is 0. The molecule has 0 amide bonds. The SMILES string of the molecule is C[C@@H](O)C#Cc1cnccn1. The standard InChI is InChI=1S/C8H8N2O/c1-7(11)2-3-8-6-9-4-5-10-8/h4-7,11H,1H3/t7-/m1/s1.